The van der Waals surface area contributed by atoms with Crippen molar-refractivity contribution in [2.24, 2.45) is 5.92 Å². The lowest BCUT2D eigenvalue weighted by molar-refractivity contribution is 0.0546. The fourth-order valence-electron chi connectivity index (χ4n) is 4.27. The summed E-state index contributed by atoms with van der Waals surface area (Å²) in [4.78, 5) is 0. The molecule has 0 spiro atoms. The molecule has 0 amide bonds. The van der Waals surface area contributed by atoms with Crippen molar-refractivity contribution < 1.29 is 8.85 Å². The van der Waals surface area contributed by atoms with Crippen LogP contribution in [0.25, 0.3) is 0 Å². The number of piperidine rings is 1. The van der Waals surface area contributed by atoms with E-state index in [-0.39, 0.29) is 0 Å². The molecule has 1 aliphatic heterocycles. The van der Waals surface area contributed by atoms with Crippen molar-refractivity contribution >= 4 is 8.72 Å². The Bertz CT molecular complexity index is 281. The molecule has 1 saturated heterocycles. The Balaban J connectivity index is 2.23. The first-order chi connectivity index (χ1) is 9.19. The maximum absolute atomic E-state index is 6.07. The first-order valence-corrected chi connectivity index (χ1v) is 9.90. The highest BCUT2D eigenvalue weighted by Gasteiger charge is 2.53. The minimum absolute atomic E-state index is 0.531. The van der Waals surface area contributed by atoms with Crippen LogP contribution in [0, 0.1) is 5.92 Å². The molecule has 0 aromatic heterocycles. The molecule has 1 aliphatic carbocycles. The first kappa shape index (κ1) is 15.5. The Hall–Kier alpha value is 0.0969. The Morgan fingerprint density at radius 2 is 1.74 bits per heavy atom. The van der Waals surface area contributed by atoms with Crippen molar-refractivity contribution in [2.45, 2.75) is 70.4 Å². The Morgan fingerprint density at radius 1 is 1.11 bits per heavy atom. The molecular weight excluding hydrogens is 254 g/mol. The molecule has 1 heterocycles. The van der Waals surface area contributed by atoms with E-state index < -0.39 is 8.72 Å². The molecule has 2 aliphatic rings. The second kappa shape index (κ2) is 6.70. The predicted molar refractivity (Wildman–Crippen MR) is 81.2 cm³/mol. The van der Waals surface area contributed by atoms with Gasteiger partial charge in [0.2, 0.25) is 0 Å². The van der Waals surface area contributed by atoms with E-state index in [1.165, 1.54) is 45.1 Å². The zero-order valence-corrected chi connectivity index (χ0v) is 14.2. The Kier molecular flexibility index (Phi) is 5.46. The lowest BCUT2D eigenvalue weighted by atomic mass is 9.79. The van der Waals surface area contributed by atoms with Gasteiger partial charge in [-0.25, -0.2) is 0 Å². The molecule has 3 unspecified atom stereocenters. The minimum atomic E-state index is -2.22. The van der Waals surface area contributed by atoms with Gasteiger partial charge in [0.1, 0.15) is 0 Å². The van der Waals surface area contributed by atoms with E-state index in [2.05, 4.69) is 18.4 Å². The molecule has 3 atom stereocenters. The molecular formula is C15H31NO2Si. The van der Waals surface area contributed by atoms with E-state index in [9.17, 15) is 0 Å². The van der Waals surface area contributed by atoms with Gasteiger partial charge in [0.25, 0.3) is 0 Å². The van der Waals surface area contributed by atoms with Gasteiger partial charge in [0, 0.05) is 25.8 Å². The fraction of sp³-hybridized carbons (Fsp3) is 1.00. The van der Waals surface area contributed by atoms with Crippen LogP contribution in [0.15, 0.2) is 0 Å². The smallest absolute Gasteiger partial charge is 0.386 e. The van der Waals surface area contributed by atoms with Crippen LogP contribution in [-0.4, -0.2) is 40.1 Å². The average molecular weight is 286 g/mol. The van der Waals surface area contributed by atoms with Crippen LogP contribution < -0.4 is 0 Å². The highest BCUT2D eigenvalue weighted by molar-refractivity contribution is 6.66. The summed E-state index contributed by atoms with van der Waals surface area (Å²) in [7, 11) is 1.52. The second-order valence-corrected chi connectivity index (χ2v) is 9.93. The molecule has 112 valence electrons. The quantitative estimate of drug-likeness (QED) is 0.719. The zero-order valence-electron chi connectivity index (χ0n) is 13.2. The van der Waals surface area contributed by atoms with E-state index in [1.807, 2.05) is 14.2 Å². The highest BCUT2D eigenvalue weighted by Crippen LogP contribution is 2.41. The second-order valence-electron chi connectivity index (χ2n) is 6.30. The van der Waals surface area contributed by atoms with Crippen LogP contribution in [0.5, 0.6) is 0 Å². The van der Waals surface area contributed by atoms with E-state index in [1.54, 1.807) is 0 Å². The topological polar surface area (TPSA) is 21.7 Å². The number of hydrogen-bond acceptors (Lipinski definition) is 3. The molecule has 2 rings (SSSR count). The maximum atomic E-state index is 6.07. The monoisotopic (exact) mass is 285 g/mol. The van der Waals surface area contributed by atoms with Gasteiger partial charge in [-0.2, -0.15) is 0 Å². The van der Waals surface area contributed by atoms with Crippen molar-refractivity contribution in [3.8, 4) is 0 Å². The van der Waals surface area contributed by atoms with Crippen LogP contribution in [0.2, 0.25) is 5.54 Å². The summed E-state index contributed by atoms with van der Waals surface area (Å²) in [5, 5.41) is 0. The fourth-order valence-corrected chi connectivity index (χ4v) is 8.07. The van der Waals surface area contributed by atoms with Gasteiger partial charge in [-0.05, 0) is 38.1 Å². The normalized spacial score (nSPS) is 30.9. The summed E-state index contributed by atoms with van der Waals surface area (Å²) in [5.74, 6) is 0.892. The van der Waals surface area contributed by atoms with Crippen LogP contribution in [0.4, 0.5) is 0 Å². The van der Waals surface area contributed by atoms with Gasteiger partial charge in [-0.15, -0.1) is 0 Å². The first-order valence-electron chi connectivity index (χ1n) is 8.06. The van der Waals surface area contributed by atoms with Gasteiger partial charge in [0.15, 0.2) is 0 Å². The largest absolute Gasteiger partial charge is 0.430 e. The van der Waals surface area contributed by atoms with Crippen molar-refractivity contribution in [1.82, 2.24) is 4.57 Å². The van der Waals surface area contributed by atoms with Crippen LogP contribution in [-0.2, 0) is 8.85 Å². The summed E-state index contributed by atoms with van der Waals surface area (Å²) in [6.45, 7) is 5.75. The number of nitrogens with zero attached hydrogens (tertiary/aromatic N) is 1. The summed E-state index contributed by atoms with van der Waals surface area (Å²) in [5.41, 5.74) is 0.531. The van der Waals surface area contributed by atoms with Crippen LogP contribution >= 0.6 is 0 Å². The van der Waals surface area contributed by atoms with Crippen molar-refractivity contribution in [3.63, 3.8) is 0 Å². The molecule has 0 aromatic rings. The van der Waals surface area contributed by atoms with Crippen molar-refractivity contribution in [3.05, 3.63) is 0 Å². The highest BCUT2D eigenvalue weighted by atomic mass is 28.4. The minimum Gasteiger partial charge on any atom is -0.386 e. The molecule has 19 heavy (non-hydrogen) atoms. The van der Waals surface area contributed by atoms with E-state index in [0.29, 0.717) is 5.54 Å². The Labute approximate surface area is 120 Å². The van der Waals surface area contributed by atoms with E-state index in [4.69, 9.17) is 8.85 Å². The Morgan fingerprint density at radius 3 is 2.37 bits per heavy atom. The van der Waals surface area contributed by atoms with E-state index >= 15 is 0 Å². The molecule has 4 heteroatoms. The predicted octanol–water partition coefficient (Wildman–Crippen LogP) is 3.67. The third-order valence-corrected chi connectivity index (χ3v) is 9.64. The van der Waals surface area contributed by atoms with Crippen LogP contribution in [0.1, 0.15) is 58.8 Å². The maximum Gasteiger partial charge on any atom is 0.430 e. The summed E-state index contributed by atoms with van der Waals surface area (Å²) < 4.78 is 14.8. The van der Waals surface area contributed by atoms with Gasteiger partial charge >= 0.3 is 8.72 Å². The third kappa shape index (κ3) is 2.78. The summed E-state index contributed by atoms with van der Waals surface area (Å²) in [6, 6.07) is 0.725. The lowest BCUT2D eigenvalue weighted by Crippen LogP contribution is -2.66. The number of hydrogen-bond donors (Lipinski definition) is 0. The number of rotatable bonds is 5. The van der Waals surface area contributed by atoms with Gasteiger partial charge in [-0.1, -0.05) is 33.1 Å². The van der Waals surface area contributed by atoms with Gasteiger partial charge in [0.05, 0.1) is 0 Å². The van der Waals surface area contributed by atoms with Crippen molar-refractivity contribution in [1.29, 1.82) is 0 Å². The molecule has 0 aromatic carbocycles. The van der Waals surface area contributed by atoms with E-state index in [0.717, 1.165) is 18.4 Å². The molecule has 0 radical (unpaired) electrons. The molecule has 3 nitrogen and oxygen atoms in total. The number of fused-ring (bicyclic) bond motifs is 1. The lowest BCUT2D eigenvalue weighted by Gasteiger charge is -2.52. The molecule has 0 N–H and O–H groups in total. The standard InChI is InChI=1S/C15H31NO2Si/c1-5-13(2)19(17-3,18-4)16-12-8-10-14-9-6-7-11-15(14)16/h13-15H,5-12H2,1-4H3. The molecule has 1 saturated carbocycles. The SMILES string of the molecule is CCC(C)[Si](OC)(OC)N1CCCC2CCCCC21. The zero-order chi connectivity index (χ0) is 13.9. The molecule has 0 bridgehead atoms. The third-order valence-electron chi connectivity index (χ3n) is 5.46. The molecule has 2 fully saturated rings. The average Bonchev–Trinajstić information content (AvgIpc) is 2.49. The van der Waals surface area contributed by atoms with Crippen LogP contribution in [0.3, 0.4) is 0 Å². The summed E-state index contributed by atoms with van der Waals surface area (Å²) in [6.07, 6.45) is 9.45. The van der Waals surface area contributed by atoms with Crippen molar-refractivity contribution in [2.75, 3.05) is 20.8 Å². The van der Waals surface area contributed by atoms with Gasteiger partial charge < -0.3 is 8.85 Å². The summed E-state index contributed by atoms with van der Waals surface area (Å²) >= 11 is 0. The van der Waals surface area contributed by atoms with Gasteiger partial charge in [-0.3, -0.25) is 4.57 Å².